The second-order valence-electron chi connectivity index (χ2n) is 5.99. The molecular weight excluding hydrogens is 196 g/mol. The molecule has 2 fully saturated rings. The van der Waals surface area contributed by atoms with Crippen molar-refractivity contribution in [2.75, 3.05) is 26.3 Å². The molecule has 2 atom stereocenters. The summed E-state index contributed by atoms with van der Waals surface area (Å²) < 4.78 is 1.44. The summed E-state index contributed by atoms with van der Waals surface area (Å²) in [5.74, 6) is 0. The standard InChI is InChI=1S/C14H29N2/c1-4-8-14-11-15(13(3)5-2)12-16(14)9-6-7-10-16/h13-14H,4-12H2,1-3H3/q+1. The van der Waals surface area contributed by atoms with Crippen molar-refractivity contribution in [1.82, 2.24) is 4.90 Å². The van der Waals surface area contributed by atoms with E-state index in [1.54, 1.807) is 0 Å². The van der Waals surface area contributed by atoms with Gasteiger partial charge in [-0.1, -0.05) is 20.3 Å². The Balaban J connectivity index is 2.05. The zero-order chi connectivity index (χ0) is 11.6. The van der Waals surface area contributed by atoms with Gasteiger partial charge in [-0.05, 0) is 13.3 Å². The molecule has 2 heteroatoms. The van der Waals surface area contributed by atoms with Crippen molar-refractivity contribution < 1.29 is 4.48 Å². The highest BCUT2D eigenvalue weighted by molar-refractivity contribution is 4.78. The van der Waals surface area contributed by atoms with Crippen LogP contribution in [0.15, 0.2) is 0 Å². The highest BCUT2D eigenvalue weighted by Crippen LogP contribution is 2.33. The first kappa shape index (κ1) is 12.4. The van der Waals surface area contributed by atoms with Crippen LogP contribution < -0.4 is 0 Å². The lowest BCUT2D eigenvalue weighted by molar-refractivity contribution is -0.932. The molecule has 2 heterocycles. The van der Waals surface area contributed by atoms with E-state index in [0.717, 1.165) is 12.1 Å². The fourth-order valence-electron chi connectivity index (χ4n) is 3.73. The molecular formula is C14H29N2+. The molecule has 2 aliphatic heterocycles. The summed E-state index contributed by atoms with van der Waals surface area (Å²) in [6, 6.07) is 1.74. The molecule has 16 heavy (non-hydrogen) atoms. The van der Waals surface area contributed by atoms with Gasteiger partial charge in [0.15, 0.2) is 0 Å². The van der Waals surface area contributed by atoms with E-state index in [-0.39, 0.29) is 0 Å². The van der Waals surface area contributed by atoms with Crippen molar-refractivity contribution in [1.29, 1.82) is 0 Å². The third kappa shape index (κ3) is 2.14. The molecule has 0 saturated carbocycles. The maximum Gasteiger partial charge on any atom is 0.135 e. The lowest BCUT2D eigenvalue weighted by atomic mass is 10.1. The van der Waals surface area contributed by atoms with Crippen LogP contribution in [0.25, 0.3) is 0 Å². The normalized spacial score (nSPS) is 31.3. The van der Waals surface area contributed by atoms with Gasteiger partial charge in [0.25, 0.3) is 0 Å². The van der Waals surface area contributed by atoms with Gasteiger partial charge in [0, 0.05) is 25.3 Å². The number of hydrogen-bond acceptors (Lipinski definition) is 1. The van der Waals surface area contributed by atoms with E-state index >= 15 is 0 Å². The van der Waals surface area contributed by atoms with Crippen LogP contribution in [0.5, 0.6) is 0 Å². The molecule has 2 rings (SSSR count). The Morgan fingerprint density at radius 3 is 2.50 bits per heavy atom. The lowest BCUT2D eigenvalue weighted by Crippen LogP contribution is -2.50. The van der Waals surface area contributed by atoms with Crippen LogP contribution in [0.3, 0.4) is 0 Å². The van der Waals surface area contributed by atoms with E-state index in [9.17, 15) is 0 Å². The molecule has 0 aromatic carbocycles. The quantitative estimate of drug-likeness (QED) is 0.665. The van der Waals surface area contributed by atoms with Crippen LogP contribution in [0.4, 0.5) is 0 Å². The van der Waals surface area contributed by atoms with E-state index in [1.165, 1.54) is 62.9 Å². The van der Waals surface area contributed by atoms with Gasteiger partial charge >= 0.3 is 0 Å². The van der Waals surface area contributed by atoms with E-state index in [2.05, 4.69) is 25.7 Å². The number of hydrogen-bond donors (Lipinski definition) is 0. The van der Waals surface area contributed by atoms with Crippen LogP contribution in [0, 0.1) is 0 Å². The van der Waals surface area contributed by atoms with Crippen LogP contribution in [0.2, 0.25) is 0 Å². The van der Waals surface area contributed by atoms with Gasteiger partial charge in [-0.3, -0.25) is 0 Å². The Hall–Kier alpha value is -0.0800. The summed E-state index contributed by atoms with van der Waals surface area (Å²) in [4.78, 5) is 2.76. The Morgan fingerprint density at radius 2 is 1.94 bits per heavy atom. The second kappa shape index (κ2) is 5.05. The van der Waals surface area contributed by atoms with E-state index in [0.29, 0.717) is 0 Å². The Kier molecular flexibility index (Phi) is 3.91. The smallest absolute Gasteiger partial charge is 0.135 e. The molecule has 0 aromatic rings. The third-order valence-electron chi connectivity index (χ3n) is 4.98. The van der Waals surface area contributed by atoms with Crippen molar-refractivity contribution in [2.45, 2.75) is 65.0 Å². The largest absolute Gasteiger partial charge is 0.308 e. The number of quaternary nitrogens is 1. The van der Waals surface area contributed by atoms with Gasteiger partial charge in [0.1, 0.15) is 12.7 Å². The van der Waals surface area contributed by atoms with Crippen molar-refractivity contribution in [2.24, 2.45) is 0 Å². The summed E-state index contributed by atoms with van der Waals surface area (Å²) in [6.45, 7) is 12.7. The highest BCUT2D eigenvalue weighted by Gasteiger charge is 2.47. The molecule has 0 radical (unpaired) electrons. The number of nitrogens with zero attached hydrogens (tertiary/aromatic N) is 2. The van der Waals surface area contributed by atoms with Crippen LogP contribution >= 0.6 is 0 Å². The Labute approximate surface area is 101 Å². The molecule has 2 aliphatic rings. The van der Waals surface area contributed by atoms with E-state index in [1.807, 2.05) is 0 Å². The molecule has 1 spiro atoms. The van der Waals surface area contributed by atoms with Crippen LogP contribution in [0.1, 0.15) is 52.9 Å². The fraction of sp³-hybridized carbons (Fsp3) is 1.00. The minimum absolute atomic E-state index is 0.789. The summed E-state index contributed by atoms with van der Waals surface area (Å²) in [5, 5.41) is 0. The zero-order valence-corrected chi connectivity index (χ0v) is 11.4. The van der Waals surface area contributed by atoms with Crippen LogP contribution in [-0.4, -0.2) is 47.8 Å². The SMILES string of the molecule is CCCC1CN(C(C)CC)C[N+]12CCCC2. The first-order chi connectivity index (χ1) is 7.72. The van der Waals surface area contributed by atoms with Gasteiger partial charge in [0.2, 0.25) is 0 Å². The first-order valence-corrected chi connectivity index (χ1v) is 7.31. The molecule has 2 nitrogen and oxygen atoms in total. The minimum Gasteiger partial charge on any atom is -0.308 e. The summed E-state index contributed by atoms with van der Waals surface area (Å²) in [7, 11) is 0. The van der Waals surface area contributed by atoms with Crippen LogP contribution in [-0.2, 0) is 0 Å². The van der Waals surface area contributed by atoms with Gasteiger partial charge in [-0.15, -0.1) is 0 Å². The molecule has 0 N–H and O–H groups in total. The molecule has 0 aliphatic carbocycles. The van der Waals surface area contributed by atoms with Gasteiger partial charge in [0.05, 0.1) is 19.6 Å². The highest BCUT2D eigenvalue weighted by atomic mass is 15.5. The van der Waals surface area contributed by atoms with Gasteiger partial charge in [-0.25, -0.2) is 4.90 Å². The zero-order valence-electron chi connectivity index (χ0n) is 11.4. The van der Waals surface area contributed by atoms with Crippen molar-refractivity contribution >= 4 is 0 Å². The first-order valence-electron chi connectivity index (χ1n) is 7.31. The average Bonchev–Trinajstić information content (AvgIpc) is 2.88. The second-order valence-corrected chi connectivity index (χ2v) is 5.99. The maximum atomic E-state index is 2.76. The monoisotopic (exact) mass is 225 g/mol. The maximum absolute atomic E-state index is 2.76. The van der Waals surface area contributed by atoms with E-state index in [4.69, 9.17) is 0 Å². The Morgan fingerprint density at radius 1 is 1.25 bits per heavy atom. The van der Waals surface area contributed by atoms with Gasteiger partial charge < -0.3 is 4.48 Å². The molecule has 0 bridgehead atoms. The number of rotatable bonds is 4. The fourth-order valence-corrected chi connectivity index (χ4v) is 3.73. The molecule has 2 saturated heterocycles. The van der Waals surface area contributed by atoms with Gasteiger partial charge in [-0.2, -0.15) is 0 Å². The summed E-state index contributed by atoms with van der Waals surface area (Å²) in [5.41, 5.74) is 0. The molecule has 0 aromatic heterocycles. The topological polar surface area (TPSA) is 3.24 Å². The predicted molar refractivity (Wildman–Crippen MR) is 69.3 cm³/mol. The summed E-state index contributed by atoms with van der Waals surface area (Å²) >= 11 is 0. The third-order valence-corrected chi connectivity index (χ3v) is 4.98. The minimum atomic E-state index is 0.789. The predicted octanol–water partition coefficient (Wildman–Crippen LogP) is 2.84. The molecule has 0 amide bonds. The van der Waals surface area contributed by atoms with E-state index < -0.39 is 0 Å². The lowest BCUT2D eigenvalue weighted by Gasteiger charge is -2.35. The molecule has 2 unspecified atom stereocenters. The van der Waals surface area contributed by atoms with Crippen molar-refractivity contribution in [3.05, 3.63) is 0 Å². The summed E-state index contributed by atoms with van der Waals surface area (Å²) in [6.07, 6.45) is 7.04. The average molecular weight is 225 g/mol. The molecule has 94 valence electrons. The van der Waals surface area contributed by atoms with Crippen molar-refractivity contribution in [3.63, 3.8) is 0 Å². The van der Waals surface area contributed by atoms with Crippen molar-refractivity contribution in [3.8, 4) is 0 Å². The Bertz CT molecular complexity index is 221.